The minimum atomic E-state index is -3.82. The van der Waals surface area contributed by atoms with E-state index in [1.165, 1.54) is 30.0 Å². The van der Waals surface area contributed by atoms with Crippen LogP contribution in [0.15, 0.2) is 51.0 Å². The zero-order valence-electron chi connectivity index (χ0n) is 17.7. The highest BCUT2D eigenvalue weighted by atomic mass is 32.2. The monoisotopic (exact) mass is 475 g/mol. The first-order valence-corrected chi connectivity index (χ1v) is 12.4. The van der Waals surface area contributed by atoms with Crippen molar-refractivity contribution in [2.45, 2.75) is 49.0 Å². The highest BCUT2D eigenvalue weighted by Gasteiger charge is 2.21. The second kappa shape index (κ2) is 8.64. The summed E-state index contributed by atoms with van der Waals surface area (Å²) in [4.78, 5) is 9.07. The molecule has 2 aromatic heterocycles. The fraction of sp³-hybridized carbons (Fsp3) is 0.286. The first-order valence-electron chi connectivity index (χ1n) is 9.97. The van der Waals surface area contributed by atoms with Crippen LogP contribution >= 0.6 is 11.8 Å². The van der Waals surface area contributed by atoms with Crippen molar-refractivity contribution >= 4 is 32.8 Å². The average molecular weight is 476 g/mol. The molecular formula is C21H22FN5O3S2. The number of fused-ring (bicyclic) bond motifs is 1. The molecule has 0 saturated carbocycles. The summed E-state index contributed by atoms with van der Waals surface area (Å²) in [6.45, 7) is 6.35. The Balaban J connectivity index is 1.64. The van der Waals surface area contributed by atoms with E-state index < -0.39 is 10.0 Å². The predicted molar refractivity (Wildman–Crippen MR) is 120 cm³/mol. The van der Waals surface area contributed by atoms with Gasteiger partial charge in [0.05, 0.1) is 21.2 Å². The number of sulfonamides is 1. The van der Waals surface area contributed by atoms with Crippen LogP contribution in [0, 0.1) is 12.7 Å². The summed E-state index contributed by atoms with van der Waals surface area (Å²) >= 11 is 1.42. The Labute approximate surface area is 189 Å². The van der Waals surface area contributed by atoms with Crippen LogP contribution in [-0.2, 0) is 16.6 Å². The molecule has 4 aromatic rings. The van der Waals surface area contributed by atoms with E-state index in [1.54, 1.807) is 25.1 Å². The van der Waals surface area contributed by atoms with E-state index in [1.807, 2.05) is 18.4 Å². The zero-order chi connectivity index (χ0) is 23.0. The van der Waals surface area contributed by atoms with Gasteiger partial charge in [-0.3, -0.25) is 0 Å². The number of nitrogens with zero attached hydrogens (tertiary/aromatic N) is 4. The van der Waals surface area contributed by atoms with E-state index in [9.17, 15) is 12.8 Å². The van der Waals surface area contributed by atoms with Gasteiger partial charge in [-0.15, -0.1) is 0 Å². The highest BCUT2D eigenvalue weighted by molar-refractivity contribution is 7.99. The number of hydrogen-bond acceptors (Lipinski definition) is 7. The van der Waals surface area contributed by atoms with E-state index in [0.29, 0.717) is 40.1 Å². The van der Waals surface area contributed by atoms with Crippen LogP contribution in [0.1, 0.15) is 37.0 Å². The number of halogens is 1. The van der Waals surface area contributed by atoms with Gasteiger partial charge in [0.25, 0.3) is 0 Å². The van der Waals surface area contributed by atoms with Crippen LogP contribution < -0.4 is 5.14 Å². The van der Waals surface area contributed by atoms with E-state index in [4.69, 9.17) is 9.66 Å². The summed E-state index contributed by atoms with van der Waals surface area (Å²) in [7, 11) is -3.82. The molecule has 0 amide bonds. The molecule has 1 atom stereocenters. The van der Waals surface area contributed by atoms with Gasteiger partial charge >= 0.3 is 0 Å². The first-order chi connectivity index (χ1) is 15.2. The smallest absolute Gasteiger partial charge is 0.240 e. The minimum Gasteiger partial charge on any atom is -0.338 e. The number of benzene rings is 2. The quantitative estimate of drug-likeness (QED) is 0.393. The lowest BCUT2D eigenvalue weighted by molar-refractivity contribution is 0.380. The third-order valence-electron chi connectivity index (χ3n) is 4.96. The Morgan fingerprint density at radius 1 is 1.22 bits per heavy atom. The molecule has 8 nitrogen and oxygen atoms in total. The molecule has 2 N–H and O–H groups in total. The number of rotatable bonds is 7. The Morgan fingerprint density at radius 2 is 2.00 bits per heavy atom. The fourth-order valence-electron chi connectivity index (χ4n) is 3.25. The third-order valence-corrected chi connectivity index (χ3v) is 6.95. The molecule has 0 fully saturated rings. The lowest BCUT2D eigenvalue weighted by Gasteiger charge is -2.09. The molecule has 168 valence electrons. The normalized spacial score (nSPS) is 13.0. The number of nitrogens with two attached hydrogens (primary N) is 1. The Hall–Kier alpha value is -2.76. The molecule has 4 rings (SSSR count). The third kappa shape index (κ3) is 4.41. The van der Waals surface area contributed by atoms with E-state index in [0.717, 1.165) is 11.9 Å². The van der Waals surface area contributed by atoms with Crippen LogP contribution in [-0.4, -0.2) is 28.1 Å². The summed E-state index contributed by atoms with van der Waals surface area (Å²) < 4.78 is 44.7. The molecule has 0 spiro atoms. The van der Waals surface area contributed by atoms with Crippen molar-refractivity contribution in [2.24, 2.45) is 5.14 Å². The number of aryl methyl sites for hydroxylation is 2. The van der Waals surface area contributed by atoms with E-state index in [-0.39, 0.29) is 16.0 Å². The molecular weight excluding hydrogens is 453 g/mol. The fourth-order valence-corrected chi connectivity index (χ4v) is 4.77. The summed E-state index contributed by atoms with van der Waals surface area (Å²) in [5, 5.41) is 9.70. The van der Waals surface area contributed by atoms with Gasteiger partial charge in [0, 0.05) is 12.1 Å². The number of imidazole rings is 1. The molecule has 0 saturated heterocycles. The second-order valence-corrected chi connectivity index (χ2v) is 10.3. The summed E-state index contributed by atoms with van der Waals surface area (Å²) in [5.41, 5.74) is 2.44. The van der Waals surface area contributed by atoms with E-state index >= 15 is 0 Å². The van der Waals surface area contributed by atoms with Crippen LogP contribution in [0.3, 0.4) is 0 Å². The van der Waals surface area contributed by atoms with Gasteiger partial charge in [0.2, 0.25) is 21.7 Å². The molecule has 2 aromatic carbocycles. The van der Waals surface area contributed by atoms with Gasteiger partial charge in [0.1, 0.15) is 5.82 Å². The number of thioether (sulfide) groups is 1. The summed E-state index contributed by atoms with van der Waals surface area (Å²) in [6, 6.07) is 9.46. The van der Waals surface area contributed by atoms with Crippen LogP contribution in [0.5, 0.6) is 0 Å². The lowest BCUT2D eigenvalue weighted by atomic mass is 10.1. The highest BCUT2D eigenvalue weighted by Crippen LogP contribution is 2.36. The van der Waals surface area contributed by atoms with Crippen molar-refractivity contribution in [3.63, 3.8) is 0 Å². The van der Waals surface area contributed by atoms with Crippen LogP contribution in [0.4, 0.5) is 4.39 Å². The lowest BCUT2D eigenvalue weighted by Crippen LogP contribution is -2.11. The Morgan fingerprint density at radius 3 is 2.69 bits per heavy atom. The van der Waals surface area contributed by atoms with Gasteiger partial charge in [-0.1, -0.05) is 36.0 Å². The maximum Gasteiger partial charge on any atom is 0.240 e. The largest absolute Gasteiger partial charge is 0.338 e. The van der Waals surface area contributed by atoms with Crippen molar-refractivity contribution in [1.82, 2.24) is 19.7 Å². The molecule has 0 aliphatic heterocycles. The second-order valence-electron chi connectivity index (χ2n) is 7.42. The molecule has 1 unspecified atom stereocenters. The number of primary sulfonamides is 1. The molecule has 0 radical (unpaired) electrons. The topological polar surface area (TPSA) is 117 Å². The van der Waals surface area contributed by atoms with Crippen LogP contribution in [0.25, 0.3) is 22.4 Å². The van der Waals surface area contributed by atoms with E-state index in [2.05, 4.69) is 15.1 Å². The van der Waals surface area contributed by atoms with Crippen molar-refractivity contribution in [2.75, 3.05) is 0 Å². The van der Waals surface area contributed by atoms with Gasteiger partial charge in [-0.25, -0.2) is 22.9 Å². The van der Waals surface area contributed by atoms with Gasteiger partial charge in [0.15, 0.2) is 5.16 Å². The van der Waals surface area contributed by atoms with Crippen molar-refractivity contribution in [1.29, 1.82) is 0 Å². The average Bonchev–Trinajstić information content (AvgIpc) is 3.35. The molecule has 0 aliphatic carbocycles. The molecule has 0 aliphatic rings. The minimum absolute atomic E-state index is 0.0163. The maximum absolute atomic E-state index is 13.9. The van der Waals surface area contributed by atoms with Gasteiger partial charge in [-0.2, -0.15) is 4.98 Å². The number of aromatic nitrogens is 4. The SMILES string of the molecule is CCCn1c(SC(C)c2nc(-c3ccc(C)c(F)c3)no2)nc2cc(S(N)(=O)=O)ccc21. The van der Waals surface area contributed by atoms with Crippen molar-refractivity contribution in [3.8, 4) is 11.4 Å². The summed E-state index contributed by atoms with van der Waals surface area (Å²) in [5.74, 6) is 0.362. The molecule has 32 heavy (non-hydrogen) atoms. The molecule has 11 heteroatoms. The maximum atomic E-state index is 13.9. The van der Waals surface area contributed by atoms with Crippen molar-refractivity contribution in [3.05, 3.63) is 53.7 Å². The zero-order valence-corrected chi connectivity index (χ0v) is 19.4. The van der Waals surface area contributed by atoms with Crippen LogP contribution in [0.2, 0.25) is 0 Å². The predicted octanol–water partition coefficient (Wildman–Crippen LogP) is 4.44. The first kappa shape index (κ1) is 22.4. The van der Waals surface area contributed by atoms with Gasteiger partial charge in [-0.05, 0) is 50.1 Å². The number of hydrogen-bond donors (Lipinski definition) is 1. The Bertz CT molecular complexity index is 1400. The Kier molecular flexibility index (Phi) is 6.06. The standard InChI is InChI=1S/C21H22FN5O3S2/c1-4-9-27-18-8-7-15(32(23,28)29)11-17(18)24-21(27)31-13(3)20-25-19(26-30-20)14-6-5-12(2)16(22)10-14/h5-8,10-11,13H,4,9H2,1-3H3,(H2,23,28,29). The summed E-state index contributed by atoms with van der Waals surface area (Å²) in [6.07, 6.45) is 0.869. The molecule has 0 bridgehead atoms. The van der Waals surface area contributed by atoms with Gasteiger partial charge < -0.3 is 9.09 Å². The van der Waals surface area contributed by atoms with Crippen molar-refractivity contribution < 1.29 is 17.3 Å². The molecule has 2 heterocycles.